The highest BCUT2D eigenvalue weighted by molar-refractivity contribution is 7.18. The van der Waals surface area contributed by atoms with Gasteiger partial charge in [-0.15, -0.1) is 11.3 Å². The summed E-state index contributed by atoms with van der Waals surface area (Å²) in [6.45, 7) is 4.07. The van der Waals surface area contributed by atoms with Crippen LogP contribution in [0.1, 0.15) is 52.3 Å². The van der Waals surface area contributed by atoms with Crippen LogP contribution in [0.4, 0.5) is 0 Å². The zero-order valence-corrected chi connectivity index (χ0v) is 25.1. The first-order chi connectivity index (χ1) is 20.3. The van der Waals surface area contributed by atoms with Crippen molar-refractivity contribution >= 4 is 39.1 Å². The van der Waals surface area contributed by atoms with E-state index in [4.69, 9.17) is 21.3 Å². The van der Waals surface area contributed by atoms with E-state index in [0.29, 0.717) is 34.9 Å². The molecular formula is C32H31ClN4O4S. The molecule has 0 unspecified atom stereocenters. The molecule has 6 rings (SSSR count). The molecular weight excluding hydrogens is 572 g/mol. The number of pyridine rings is 1. The van der Waals surface area contributed by atoms with Crippen molar-refractivity contribution in [2.24, 2.45) is 0 Å². The number of hydrogen-bond donors (Lipinski definition) is 1. The molecule has 0 radical (unpaired) electrons. The molecule has 216 valence electrons. The third-order valence-electron chi connectivity index (χ3n) is 8.44. The van der Waals surface area contributed by atoms with Gasteiger partial charge in [-0.05, 0) is 63.3 Å². The lowest BCUT2D eigenvalue weighted by Crippen LogP contribution is -2.47. The zero-order chi connectivity index (χ0) is 29.4. The Hall–Kier alpha value is -3.55. The lowest BCUT2D eigenvalue weighted by molar-refractivity contribution is 0.0248. The second-order valence-corrected chi connectivity index (χ2v) is 12.1. The number of aryl methyl sites for hydroxylation is 2. The highest BCUT2D eigenvalue weighted by Gasteiger charge is 2.30. The molecule has 1 aliphatic carbocycles. The summed E-state index contributed by atoms with van der Waals surface area (Å²) in [6.07, 6.45) is 6.52. The van der Waals surface area contributed by atoms with Crippen LogP contribution < -0.4 is 5.56 Å². The molecule has 1 saturated heterocycles. The number of fused-ring (bicyclic) bond motifs is 2. The fourth-order valence-electron chi connectivity index (χ4n) is 6.14. The lowest BCUT2D eigenvalue weighted by Gasteiger charge is -2.39. The number of ether oxygens (including phenoxy) is 1. The number of carboxylic acids is 1. The normalized spacial score (nSPS) is 17.5. The number of hydrogen-bond acceptors (Lipinski definition) is 7. The number of methoxy groups -OCH3 is 1. The van der Waals surface area contributed by atoms with E-state index in [1.807, 2.05) is 25.1 Å². The van der Waals surface area contributed by atoms with Crippen molar-refractivity contribution in [1.29, 1.82) is 0 Å². The van der Waals surface area contributed by atoms with E-state index >= 15 is 0 Å². The SMILES string of the molecule is COC1CCN([C@@H]2CCc3nc(C)n(CC#Cc4ccc(Cl)cc4-c4ccnc5c(C(=O)O)csc45)c(=O)c3C2)CC1. The van der Waals surface area contributed by atoms with Crippen molar-refractivity contribution in [3.63, 3.8) is 0 Å². The highest BCUT2D eigenvalue weighted by atomic mass is 35.5. The summed E-state index contributed by atoms with van der Waals surface area (Å²) in [5.41, 5.74) is 4.66. The van der Waals surface area contributed by atoms with Crippen molar-refractivity contribution in [3.05, 3.63) is 79.4 Å². The minimum Gasteiger partial charge on any atom is -0.478 e. The third kappa shape index (κ3) is 5.48. The maximum absolute atomic E-state index is 13.7. The molecule has 0 bridgehead atoms. The number of piperidine rings is 1. The number of benzene rings is 1. The van der Waals surface area contributed by atoms with Gasteiger partial charge in [-0.3, -0.25) is 19.2 Å². The van der Waals surface area contributed by atoms with Crippen molar-refractivity contribution < 1.29 is 14.6 Å². The van der Waals surface area contributed by atoms with E-state index in [1.54, 1.807) is 29.3 Å². The van der Waals surface area contributed by atoms with Gasteiger partial charge in [-0.25, -0.2) is 9.78 Å². The molecule has 8 nitrogen and oxygen atoms in total. The average molecular weight is 603 g/mol. The number of halogens is 1. The summed E-state index contributed by atoms with van der Waals surface area (Å²) >= 11 is 7.71. The Labute approximate surface area is 252 Å². The van der Waals surface area contributed by atoms with E-state index in [2.05, 4.69) is 21.7 Å². The Bertz CT molecular complexity index is 1800. The molecule has 10 heteroatoms. The number of carbonyl (C=O) groups is 1. The predicted molar refractivity (Wildman–Crippen MR) is 165 cm³/mol. The van der Waals surface area contributed by atoms with Crippen LogP contribution in [0.3, 0.4) is 0 Å². The summed E-state index contributed by atoms with van der Waals surface area (Å²) in [7, 11) is 1.78. The van der Waals surface area contributed by atoms with E-state index in [1.165, 1.54) is 11.3 Å². The molecule has 0 saturated carbocycles. The Kier molecular flexibility index (Phi) is 8.15. The molecule has 1 atom stereocenters. The minimum absolute atomic E-state index is 0.00441. The summed E-state index contributed by atoms with van der Waals surface area (Å²) in [5, 5.41) is 11.7. The van der Waals surface area contributed by atoms with Gasteiger partial charge in [0.15, 0.2) is 0 Å². The standard InChI is InChI=1S/C32H31ClN4O4S/c1-19-35-28-8-7-22(36-14-10-23(41-2)11-15-36)17-26(28)31(38)37(19)13-3-4-20-5-6-21(33)16-25(20)24-9-12-34-29-27(32(39)40)18-42-30(24)29/h5-6,9,12,16,18,22-23H,7-8,10-11,13-15,17H2,1-2H3,(H,39,40)/t22-/m1/s1. The molecule has 1 fully saturated rings. The molecule has 1 aliphatic heterocycles. The fourth-order valence-corrected chi connectivity index (χ4v) is 7.34. The average Bonchev–Trinajstić information content (AvgIpc) is 3.44. The summed E-state index contributed by atoms with van der Waals surface area (Å²) in [4.78, 5) is 37.0. The van der Waals surface area contributed by atoms with E-state index < -0.39 is 5.97 Å². The van der Waals surface area contributed by atoms with Gasteiger partial charge in [0.2, 0.25) is 0 Å². The maximum Gasteiger partial charge on any atom is 0.338 e. The number of aromatic carboxylic acids is 1. The topological polar surface area (TPSA) is 97.6 Å². The highest BCUT2D eigenvalue weighted by Crippen LogP contribution is 2.36. The van der Waals surface area contributed by atoms with Gasteiger partial charge < -0.3 is 9.84 Å². The van der Waals surface area contributed by atoms with Gasteiger partial charge in [0.25, 0.3) is 5.56 Å². The summed E-state index contributed by atoms with van der Waals surface area (Å²) in [5.74, 6) is 6.08. The fraction of sp³-hybridized carbons (Fsp3) is 0.375. The van der Waals surface area contributed by atoms with Gasteiger partial charge in [0, 0.05) is 65.1 Å². The van der Waals surface area contributed by atoms with Gasteiger partial charge in [0.05, 0.1) is 34.1 Å². The maximum atomic E-state index is 13.7. The van der Waals surface area contributed by atoms with E-state index in [0.717, 1.165) is 71.4 Å². The monoisotopic (exact) mass is 602 g/mol. The van der Waals surface area contributed by atoms with Crippen LogP contribution in [0.25, 0.3) is 21.3 Å². The van der Waals surface area contributed by atoms with Crippen molar-refractivity contribution in [2.75, 3.05) is 20.2 Å². The van der Waals surface area contributed by atoms with Crippen molar-refractivity contribution in [3.8, 4) is 23.0 Å². The van der Waals surface area contributed by atoms with Crippen LogP contribution in [0.2, 0.25) is 5.02 Å². The molecule has 4 heterocycles. The van der Waals surface area contributed by atoms with Crippen molar-refractivity contribution in [2.45, 2.75) is 57.7 Å². The van der Waals surface area contributed by atoms with Crippen LogP contribution in [-0.2, 0) is 24.1 Å². The first-order valence-electron chi connectivity index (χ1n) is 14.1. The molecule has 2 aliphatic rings. The molecule has 4 aromatic rings. The van der Waals surface area contributed by atoms with Crippen LogP contribution >= 0.6 is 22.9 Å². The second kappa shape index (κ2) is 12.0. The Morgan fingerprint density at radius 1 is 1.21 bits per heavy atom. The van der Waals surface area contributed by atoms with Gasteiger partial charge in [0.1, 0.15) is 5.82 Å². The Morgan fingerprint density at radius 2 is 2.02 bits per heavy atom. The summed E-state index contributed by atoms with van der Waals surface area (Å²) in [6, 6.07) is 7.64. The Morgan fingerprint density at radius 3 is 2.79 bits per heavy atom. The molecule has 1 N–H and O–H groups in total. The number of nitrogens with zero attached hydrogens (tertiary/aromatic N) is 4. The number of aromatic nitrogens is 3. The minimum atomic E-state index is -1.02. The van der Waals surface area contributed by atoms with Crippen LogP contribution in [0.15, 0.2) is 40.6 Å². The number of thiophene rings is 1. The third-order valence-corrected chi connectivity index (χ3v) is 9.67. The number of rotatable bonds is 5. The molecule has 42 heavy (non-hydrogen) atoms. The molecule has 3 aromatic heterocycles. The molecule has 0 spiro atoms. The van der Waals surface area contributed by atoms with E-state index in [9.17, 15) is 14.7 Å². The van der Waals surface area contributed by atoms with Crippen LogP contribution in [0.5, 0.6) is 0 Å². The predicted octanol–water partition coefficient (Wildman–Crippen LogP) is 5.20. The zero-order valence-electron chi connectivity index (χ0n) is 23.5. The van der Waals surface area contributed by atoms with E-state index in [-0.39, 0.29) is 17.7 Å². The largest absolute Gasteiger partial charge is 0.478 e. The first kappa shape index (κ1) is 28.6. The quantitative estimate of drug-likeness (QED) is 0.314. The Balaban J connectivity index is 1.28. The summed E-state index contributed by atoms with van der Waals surface area (Å²) < 4.78 is 7.96. The lowest BCUT2D eigenvalue weighted by atomic mass is 9.90. The van der Waals surface area contributed by atoms with Crippen LogP contribution in [0, 0.1) is 18.8 Å². The number of carboxylic acid groups (broad SMARTS) is 1. The first-order valence-corrected chi connectivity index (χ1v) is 15.3. The van der Waals surface area contributed by atoms with Crippen LogP contribution in [-0.4, -0.2) is 62.9 Å². The van der Waals surface area contributed by atoms with Gasteiger partial charge in [-0.2, -0.15) is 0 Å². The second-order valence-electron chi connectivity index (χ2n) is 10.8. The number of likely N-dealkylation sites (tertiary alicyclic amines) is 1. The molecule has 0 amide bonds. The smallest absolute Gasteiger partial charge is 0.338 e. The van der Waals surface area contributed by atoms with Gasteiger partial charge in [-0.1, -0.05) is 23.4 Å². The van der Waals surface area contributed by atoms with Gasteiger partial charge >= 0.3 is 5.97 Å². The van der Waals surface area contributed by atoms with Crippen molar-refractivity contribution in [1.82, 2.24) is 19.4 Å². The molecule has 1 aromatic carbocycles.